The second-order valence-electron chi connectivity index (χ2n) is 9.63. The van der Waals surface area contributed by atoms with E-state index in [1.165, 1.54) is 0 Å². The molecule has 0 bridgehead atoms. The Morgan fingerprint density at radius 2 is 1.75 bits per heavy atom. The Bertz CT molecular complexity index is 1470. The minimum atomic E-state index is -1.05. The SMILES string of the molecule is CSCC[C@H](NC(=O)c1ccc(C(N)CC(=Cc2ccco2)c2ccccc2)cc1-c1ccccc1C)C(=O)O. The van der Waals surface area contributed by atoms with Crippen LogP contribution in [0, 0.1) is 6.92 Å². The molecule has 40 heavy (non-hydrogen) atoms. The van der Waals surface area contributed by atoms with Crippen LogP contribution >= 0.6 is 11.8 Å². The number of hydrogen-bond acceptors (Lipinski definition) is 5. The van der Waals surface area contributed by atoms with Crippen LogP contribution in [0.4, 0.5) is 0 Å². The van der Waals surface area contributed by atoms with Gasteiger partial charge in [0.05, 0.1) is 6.26 Å². The van der Waals surface area contributed by atoms with Crippen LogP contribution < -0.4 is 11.1 Å². The zero-order valence-electron chi connectivity index (χ0n) is 22.7. The third-order valence-corrected chi connectivity index (χ3v) is 7.45. The number of aliphatic carboxylic acids is 1. The van der Waals surface area contributed by atoms with Crippen molar-refractivity contribution in [3.63, 3.8) is 0 Å². The summed E-state index contributed by atoms with van der Waals surface area (Å²) in [4.78, 5) is 25.2. The average Bonchev–Trinajstić information content (AvgIpc) is 3.48. The van der Waals surface area contributed by atoms with E-state index in [1.807, 2.05) is 98.1 Å². The second-order valence-corrected chi connectivity index (χ2v) is 10.6. The van der Waals surface area contributed by atoms with Gasteiger partial charge in [-0.15, -0.1) is 0 Å². The van der Waals surface area contributed by atoms with Crippen LogP contribution in [0.2, 0.25) is 0 Å². The van der Waals surface area contributed by atoms with E-state index in [4.69, 9.17) is 10.2 Å². The van der Waals surface area contributed by atoms with Gasteiger partial charge in [-0.1, -0.05) is 60.7 Å². The maximum absolute atomic E-state index is 13.4. The van der Waals surface area contributed by atoms with Gasteiger partial charge in [-0.2, -0.15) is 11.8 Å². The molecule has 4 N–H and O–H groups in total. The number of aryl methyl sites for hydroxylation is 1. The number of carboxylic acid groups (broad SMARTS) is 1. The van der Waals surface area contributed by atoms with Gasteiger partial charge in [-0.25, -0.2) is 4.79 Å². The number of benzene rings is 3. The Morgan fingerprint density at radius 3 is 2.42 bits per heavy atom. The second kappa shape index (κ2) is 13.8. The topological polar surface area (TPSA) is 106 Å². The number of carboxylic acids is 1. The van der Waals surface area contributed by atoms with Gasteiger partial charge < -0.3 is 20.6 Å². The number of amides is 1. The highest BCUT2D eigenvalue weighted by Crippen LogP contribution is 2.33. The van der Waals surface area contributed by atoms with Crippen molar-refractivity contribution in [1.82, 2.24) is 5.32 Å². The molecule has 206 valence electrons. The number of rotatable bonds is 12. The lowest BCUT2D eigenvalue weighted by Gasteiger charge is -2.20. The van der Waals surface area contributed by atoms with E-state index in [0.29, 0.717) is 29.7 Å². The molecule has 4 aromatic rings. The molecule has 1 aromatic heterocycles. The van der Waals surface area contributed by atoms with E-state index in [-0.39, 0.29) is 6.04 Å². The number of nitrogens with two attached hydrogens (primary N) is 1. The first-order valence-corrected chi connectivity index (χ1v) is 14.5. The molecule has 1 unspecified atom stereocenters. The lowest BCUT2D eigenvalue weighted by Crippen LogP contribution is -2.41. The number of carbonyl (C=O) groups is 2. The molecule has 0 fully saturated rings. The molecule has 7 heteroatoms. The summed E-state index contributed by atoms with van der Waals surface area (Å²) >= 11 is 1.54. The standard InChI is InChI=1S/C33H34N2O4S/c1-22-9-6-7-13-27(22)29-20-24(14-15-28(29)32(36)35-31(33(37)38)16-18-40-2)30(34)21-25(19-26-12-8-17-39-26)23-10-4-3-5-11-23/h3-15,17,19-20,30-31H,16,18,21,34H2,1-2H3,(H,35,36)(H,37,38)/t30?,31-/m0/s1. The monoisotopic (exact) mass is 554 g/mol. The zero-order chi connectivity index (χ0) is 28.5. The van der Waals surface area contributed by atoms with Crippen LogP contribution in [0.25, 0.3) is 22.8 Å². The van der Waals surface area contributed by atoms with Gasteiger partial charge in [-0.05, 0) is 95.5 Å². The highest BCUT2D eigenvalue weighted by atomic mass is 32.2. The van der Waals surface area contributed by atoms with Crippen molar-refractivity contribution in [1.29, 1.82) is 0 Å². The Hall–Kier alpha value is -4.07. The third-order valence-electron chi connectivity index (χ3n) is 6.81. The molecule has 6 nitrogen and oxygen atoms in total. The summed E-state index contributed by atoms with van der Waals surface area (Å²) in [7, 11) is 0. The van der Waals surface area contributed by atoms with E-state index in [1.54, 1.807) is 24.1 Å². The highest BCUT2D eigenvalue weighted by molar-refractivity contribution is 7.98. The van der Waals surface area contributed by atoms with Crippen molar-refractivity contribution in [2.45, 2.75) is 31.8 Å². The molecule has 1 amide bonds. The predicted molar refractivity (Wildman–Crippen MR) is 163 cm³/mol. The lowest BCUT2D eigenvalue weighted by atomic mass is 9.89. The fourth-order valence-corrected chi connectivity index (χ4v) is 5.10. The van der Waals surface area contributed by atoms with Gasteiger partial charge in [0.15, 0.2) is 0 Å². The normalized spacial score (nSPS) is 13.0. The summed E-state index contributed by atoms with van der Waals surface area (Å²) in [6.07, 6.45) is 6.43. The molecule has 0 radical (unpaired) electrons. The van der Waals surface area contributed by atoms with Crippen LogP contribution in [0.15, 0.2) is 95.6 Å². The van der Waals surface area contributed by atoms with Crippen molar-refractivity contribution in [2.24, 2.45) is 5.73 Å². The molecule has 4 rings (SSSR count). The van der Waals surface area contributed by atoms with Crippen molar-refractivity contribution < 1.29 is 19.1 Å². The molecule has 0 spiro atoms. The van der Waals surface area contributed by atoms with Crippen LogP contribution in [0.1, 0.15) is 51.7 Å². The molecule has 3 aromatic carbocycles. The van der Waals surface area contributed by atoms with Gasteiger partial charge in [0.2, 0.25) is 0 Å². The average molecular weight is 555 g/mol. The summed E-state index contributed by atoms with van der Waals surface area (Å²) in [5, 5.41) is 12.4. The first kappa shape index (κ1) is 28.9. The maximum atomic E-state index is 13.4. The van der Waals surface area contributed by atoms with Gasteiger partial charge in [0.1, 0.15) is 11.8 Å². The Kier molecular flexibility index (Phi) is 10.00. The first-order valence-electron chi connectivity index (χ1n) is 13.1. The van der Waals surface area contributed by atoms with E-state index in [9.17, 15) is 14.7 Å². The molecule has 0 aliphatic heterocycles. The molecule has 0 saturated heterocycles. The molecular weight excluding hydrogens is 520 g/mol. The smallest absolute Gasteiger partial charge is 0.326 e. The Balaban J connectivity index is 1.70. The summed E-state index contributed by atoms with van der Waals surface area (Å²) in [6, 6.07) is 25.8. The van der Waals surface area contributed by atoms with E-state index < -0.39 is 17.9 Å². The van der Waals surface area contributed by atoms with E-state index in [0.717, 1.165) is 33.6 Å². The number of nitrogens with one attached hydrogen (secondary N) is 1. The zero-order valence-corrected chi connectivity index (χ0v) is 23.5. The van der Waals surface area contributed by atoms with Gasteiger partial charge >= 0.3 is 5.97 Å². The predicted octanol–water partition coefficient (Wildman–Crippen LogP) is 6.82. The van der Waals surface area contributed by atoms with Crippen molar-refractivity contribution in [3.05, 3.63) is 119 Å². The lowest BCUT2D eigenvalue weighted by molar-refractivity contribution is -0.139. The van der Waals surface area contributed by atoms with Crippen LogP contribution in [-0.4, -0.2) is 35.0 Å². The molecule has 0 aliphatic rings. The molecule has 0 aliphatic carbocycles. The minimum absolute atomic E-state index is 0.342. The number of carbonyl (C=O) groups excluding carboxylic acids is 1. The summed E-state index contributed by atoms with van der Waals surface area (Å²) in [6.45, 7) is 1.99. The Morgan fingerprint density at radius 1 is 1.00 bits per heavy atom. The van der Waals surface area contributed by atoms with Gasteiger partial charge in [0, 0.05) is 11.6 Å². The van der Waals surface area contributed by atoms with Crippen molar-refractivity contribution in [2.75, 3.05) is 12.0 Å². The summed E-state index contributed by atoms with van der Waals surface area (Å²) < 4.78 is 5.57. The molecule has 1 heterocycles. The van der Waals surface area contributed by atoms with Gasteiger partial charge in [-0.3, -0.25) is 4.79 Å². The maximum Gasteiger partial charge on any atom is 0.326 e. The van der Waals surface area contributed by atoms with Crippen molar-refractivity contribution in [3.8, 4) is 11.1 Å². The molecule has 0 saturated carbocycles. The Labute approximate surface area is 239 Å². The van der Waals surface area contributed by atoms with Crippen LogP contribution in [0.5, 0.6) is 0 Å². The molecule has 2 atom stereocenters. The summed E-state index contributed by atoms with van der Waals surface area (Å²) in [5.74, 6) is -0.0942. The largest absolute Gasteiger partial charge is 0.480 e. The third kappa shape index (κ3) is 7.31. The number of furan rings is 1. The fraction of sp³-hybridized carbons (Fsp3) is 0.212. The fourth-order valence-electron chi connectivity index (χ4n) is 4.63. The van der Waals surface area contributed by atoms with E-state index >= 15 is 0 Å². The van der Waals surface area contributed by atoms with Crippen molar-refractivity contribution >= 4 is 35.3 Å². The van der Waals surface area contributed by atoms with Gasteiger partial charge in [0.25, 0.3) is 5.91 Å². The quantitative estimate of drug-likeness (QED) is 0.177. The number of thioether (sulfide) groups is 1. The number of hydrogen-bond donors (Lipinski definition) is 3. The molecular formula is C33H34N2O4S. The van der Waals surface area contributed by atoms with Crippen LogP contribution in [-0.2, 0) is 4.79 Å². The summed E-state index contributed by atoms with van der Waals surface area (Å²) in [5.41, 5.74) is 12.8. The van der Waals surface area contributed by atoms with Crippen LogP contribution in [0.3, 0.4) is 0 Å². The first-order chi connectivity index (χ1) is 19.4. The minimum Gasteiger partial charge on any atom is -0.480 e. The highest BCUT2D eigenvalue weighted by Gasteiger charge is 2.23. The van der Waals surface area contributed by atoms with E-state index in [2.05, 4.69) is 5.32 Å².